The van der Waals surface area contributed by atoms with Gasteiger partial charge in [0, 0.05) is 24.4 Å². The highest BCUT2D eigenvalue weighted by molar-refractivity contribution is 5.77. The molecular formula is C16H23N3O2. The van der Waals surface area contributed by atoms with E-state index in [0.29, 0.717) is 12.8 Å². The third kappa shape index (κ3) is 3.82. The highest BCUT2D eigenvalue weighted by Crippen LogP contribution is 2.28. The second kappa shape index (κ2) is 7.22. The molecule has 0 aliphatic carbocycles. The van der Waals surface area contributed by atoms with E-state index in [9.17, 15) is 4.79 Å². The van der Waals surface area contributed by atoms with Gasteiger partial charge in [0.1, 0.15) is 5.52 Å². The zero-order valence-corrected chi connectivity index (χ0v) is 12.7. The lowest BCUT2D eigenvalue weighted by Crippen LogP contribution is -2.23. The van der Waals surface area contributed by atoms with Crippen molar-refractivity contribution in [2.45, 2.75) is 45.6 Å². The lowest BCUT2D eigenvalue weighted by Gasteiger charge is -2.17. The molecule has 1 unspecified atom stereocenters. The van der Waals surface area contributed by atoms with E-state index in [1.165, 1.54) is 0 Å². The number of aromatic nitrogens is 1. The maximum Gasteiger partial charge on any atom is 0.217 e. The highest BCUT2D eigenvalue weighted by Gasteiger charge is 2.18. The maximum absolute atomic E-state index is 11.1. The van der Waals surface area contributed by atoms with Crippen molar-refractivity contribution in [1.82, 2.24) is 10.3 Å². The van der Waals surface area contributed by atoms with Crippen molar-refractivity contribution in [2.75, 3.05) is 6.54 Å². The minimum absolute atomic E-state index is 0.0497. The van der Waals surface area contributed by atoms with Crippen LogP contribution in [-0.4, -0.2) is 17.4 Å². The Morgan fingerprint density at radius 2 is 2.24 bits per heavy atom. The van der Waals surface area contributed by atoms with Crippen LogP contribution in [0.1, 0.15) is 50.6 Å². The Labute approximate surface area is 124 Å². The summed E-state index contributed by atoms with van der Waals surface area (Å²) in [7, 11) is 0. The third-order valence-corrected chi connectivity index (χ3v) is 3.46. The van der Waals surface area contributed by atoms with Crippen LogP contribution >= 0.6 is 0 Å². The predicted molar refractivity (Wildman–Crippen MR) is 82.9 cm³/mol. The quantitative estimate of drug-likeness (QED) is 0.783. The van der Waals surface area contributed by atoms with Crippen LogP contribution < -0.4 is 11.1 Å². The number of nitrogens with two attached hydrogens (primary N) is 1. The van der Waals surface area contributed by atoms with Gasteiger partial charge in [-0.1, -0.05) is 26.0 Å². The Kier molecular flexibility index (Phi) is 5.33. The number of oxazole rings is 1. The van der Waals surface area contributed by atoms with Gasteiger partial charge in [-0.15, -0.1) is 0 Å². The molecule has 2 aromatic rings. The van der Waals surface area contributed by atoms with Gasteiger partial charge in [0.05, 0.1) is 0 Å². The van der Waals surface area contributed by atoms with Crippen LogP contribution in [0, 0.1) is 0 Å². The Morgan fingerprint density at radius 3 is 2.90 bits per heavy atom. The average molecular weight is 289 g/mol. The highest BCUT2D eigenvalue weighted by atomic mass is 16.3. The number of rotatable bonds is 8. The predicted octanol–water partition coefficient (Wildman–Crippen LogP) is 2.70. The first-order chi connectivity index (χ1) is 10.2. The average Bonchev–Trinajstić information content (AvgIpc) is 2.86. The smallest absolute Gasteiger partial charge is 0.217 e. The van der Waals surface area contributed by atoms with Crippen LogP contribution in [0.4, 0.5) is 0 Å². The van der Waals surface area contributed by atoms with Crippen molar-refractivity contribution in [2.24, 2.45) is 5.73 Å². The van der Waals surface area contributed by atoms with E-state index in [1.54, 1.807) is 0 Å². The molecule has 0 bridgehead atoms. The Morgan fingerprint density at radius 1 is 1.43 bits per heavy atom. The number of para-hydroxylation sites is 1. The van der Waals surface area contributed by atoms with E-state index >= 15 is 0 Å². The molecular weight excluding hydrogens is 266 g/mol. The number of hydrogen-bond donors (Lipinski definition) is 2. The molecule has 1 aromatic carbocycles. The van der Waals surface area contributed by atoms with E-state index < -0.39 is 0 Å². The fourth-order valence-corrected chi connectivity index (χ4v) is 2.51. The topological polar surface area (TPSA) is 81.1 Å². The van der Waals surface area contributed by atoms with Crippen LogP contribution in [0.3, 0.4) is 0 Å². The van der Waals surface area contributed by atoms with E-state index in [0.717, 1.165) is 41.9 Å². The van der Waals surface area contributed by atoms with E-state index in [1.807, 2.05) is 25.1 Å². The lowest BCUT2D eigenvalue weighted by atomic mass is 10.0. The minimum Gasteiger partial charge on any atom is -0.440 e. The van der Waals surface area contributed by atoms with Gasteiger partial charge in [0.15, 0.2) is 11.5 Å². The van der Waals surface area contributed by atoms with Crippen molar-refractivity contribution >= 4 is 17.0 Å². The summed E-state index contributed by atoms with van der Waals surface area (Å²) in [6.07, 6.45) is 2.85. The number of aryl methyl sites for hydroxylation is 1. The lowest BCUT2D eigenvalue weighted by molar-refractivity contribution is -0.118. The van der Waals surface area contributed by atoms with Crippen LogP contribution in [0.5, 0.6) is 0 Å². The SMILES string of the molecule is CCCc1nc2cccc(C(CCC(N)=O)NCC)c2o1. The minimum atomic E-state index is -0.283. The number of primary amides is 1. The summed E-state index contributed by atoms with van der Waals surface area (Å²) < 4.78 is 5.91. The van der Waals surface area contributed by atoms with Crippen molar-refractivity contribution in [1.29, 1.82) is 0 Å². The second-order valence-corrected chi connectivity index (χ2v) is 5.17. The molecule has 0 saturated carbocycles. The van der Waals surface area contributed by atoms with Gasteiger partial charge in [0.2, 0.25) is 5.91 Å². The molecule has 0 aliphatic heterocycles. The zero-order valence-electron chi connectivity index (χ0n) is 12.7. The van der Waals surface area contributed by atoms with Gasteiger partial charge >= 0.3 is 0 Å². The number of amides is 1. The van der Waals surface area contributed by atoms with Crippen LogP contribution in [0.25, 0.3) is 11.1 Å². The van der Waals surface area contributed by atoms with Gasteiger partial charge < -0.3 is 15.5 Å². The summed E-state index contributed by atoms with van der Waals surface area (Å²) in [5.74, 6) is 0.486. The number of nitrogens with one attached hydrogen (secondary N) is 1. The molecule has 21 heavy (non-hydrogen) atoms. The molecule has 1 amide bonds. The number of hydrogen-bond acceptors (Lipinski definition) is 4. The van der Waals surface area contributed by atoms with Crippen LogP contribution in [0.2, 0.25) is 0 Å². The van der Waals surface area contributed by atoms with Crippen LogP contribution in [0.15, 0.2) is 22.6 Å². The van der Waals surface area contributed by atoms with Crippen molar-refractivity contribution < 1.29 is 9.21 Å². The molecule has 0 spiro atoms. The van der Waals surface area contributed by atoms with Crippen molar-refractivity contribution in [3.63, 3.8) is 0 Å². The van der Waals surface area contributed by atoms with Gasteiger partial charge in [0.25, 0.3) is 0 Å². The summed E-state index contributed by atoms with van der Waals surface area (Å²) in [5, 5.41) is 3.39. The van der Waals surface area contributed by atoms with E-state index in [4.69, 9.17) is 10.2 Å². The largest absolute Gasteiger partial charge is 0.440 e. The van der Waals surface area contributed by atoms with E-state index in [-0.39, 0.29) is 11.9 Å². The van der Waals surface area contributed by atoms with Crippen molar-refractivity contribution in [3.8, 4) is 0 Å². The zero-order chi connectivity index (χ0) is 15.2. The summed E-state index contributed by atoms with van der Waals surface area (Å²) in [5.41, 5.74) is 8.00. The molecule has 5 heteroatoms. The van der Waals surface area contributed by atoms with Gasteiger partial charge in [-0.3, -0.25) is 4.79 Å². The first kappa shape index (κ1) is 15.5. The molecule has 0 fully saturated rings. The molecule has 1 atom stereocenters. The monoisotopic (exact) mass is 289 g/mol. The number of benzene rings is 1. The van der Waals surface area contributed by atoms with Gasteiger partial charge in [-0.2, -0.15) is 0 Å². The standard InChI is InChI=1S/C16H23N3O2/c1-3-6-15-19-13-8-5-7-11(16(13)21-15)12(18-4-2)9-10-14(17)20/h5,7-8,12,18H,3-4,6,9-10H2,1-2H3,(H2,17,20). The Hall–Kier alpha value is -1.88. The molecule has 0 saturated heterocycles. The van der Waals surface area contributed by atoms with Gasteiger partial charge in [-0.25, -0.2) is 4.98 Å². The number of fused-ring (bicyclic) bond motifs is 1. The van der Waals surface area contributed by atoms with Crippen LogP contribution in [-0.2, 0) is 11.2 Å². The molecule has 0 radical (unpaired) electrons. The van der Waals surface area contributed by atoms with Gasteiger partial charge in [-0.05, 0) is 25.5 Å². The Balaban J connectivity index is 2.34. The Bertz CT molecular complexity index is 607. The molecule has 1 heterocycles. The van der Waals surface area contributed by atoms with Crippen molar-refractivity contribution in [3.05, 3.63) is 29.7 Å². The normalized spacial score (nSPS) is 12.7. The molecule has 114 valence electrons. The number of nitrogens with zero attached hydrogens (tertiary/aromatic N) is 1. The molecule has 3 N–H and O–H groups in total. The second-order valence-electron chi connectivity index (χ2n) is 5.17. The number of carbonyl (C=O) groups is 1. The first-order valence-electron chi connectivity index (χ1n) is 7.55. The number of carbonyl (C=O) groups excluding carboxylic acids is 1. The molecule has 5 nitrogen and oxygen atoms in total. The van der Waals surface area contributed by atoms with E-state index in [2.05, 4.69) is 17.2 Å². The summed E-state index contributed by atoms with van der Waals surface area (Å²) in [4.78, 5) is 15.6. The third-order valence-electron chi connectivity index (χ3n) is 3.46. The molecule has 2 rings (SSSR count). The molecule has 1 aromatic heterocycles. The summed E-state index contributed by atoms with van der Waals surface area (Å²) in [6.45, 7) is 4.96. The fourth-order valence-electron chi connectivity index (χ4n) is 2.51. The summed E-state index contributed by atoms with van der Waals surface area (Å²) >= 11 is 0. The first-order valence-corrected chi connectivity index (χ1v) is 7.55. The maximum atomic E-state index is 11.1. The summed E-state index contributed by atoms with van der Waals surface area (Å²) in [6, 6.07) is 6.01. The molecule has 0 aliphatic rings. The fraction of sp³-hybridized carbons (Fsp3) is 0.500.